The minimum Gasteiger partial charge on any atom is -0.329 e. The normalized spacial score (nSPS) is 17.6. The zero-order valence-electron chi connectivity index (χ0n) is 9.19. The van der Waals surface area contributed by atoms with Crippen molar-refractivity contribution in [2.24, 2.45) is 5.73 Å². The Labute approximate surface area is 103 Å². The number of nitrogens with two attached hydrogens (primary N) is 1. The quantitative estimate of drug-likeness (QED) is 0.908. The number of rotatable bonds is 3. The van der Waals surface area contributed by atoms with Crippen molar-refractivity contribution in [2.75, 3.05) is 6.54 Å². The molecule has 0 spiro atoms. The molecule has 4 heteroatoms. The molecule has 0 aliphatic heterocycles. The van der Waals surface area contributed by atoms with Gasteiger partial charge in [-0.1, -0.05) is 0 Å². The molecule has 2 N–H and O–H groups in total. The second-order valence-corrected chi connectivity index (χ2v) is 6.23. The molecular weight excluding hydrogens is 236 g/mol. The van der Waals surface area contributed by atoms with Gasteiger partial charge in [0.05, 0.1) is 10.6 Å². The summed E-state index contributed by atoms with van der Waals surface area (Å²) in [5, 5.41) is 5.53. The second kappa shape index (κ2) is 3.65. The van der Waals surface area contributed by atoms with Gasteiger partial charge in [-0.15, -0.1) is 22.7 Å². The van der Waals surface area contributed by atoms with Crippen LogP contribution >= 0.6 is 22.7 Å². The van der Waals surface area contributed by atoms with Crippen LogP contribution in [0.25, 0.3) is 10.6 Å². The lowest BCUT2D eigenvalue weighted by molar-refractivity contribution is 0.698. The highest BCUT2D eigenvalue weighted by Gasteiger charge is 2.45. The van der Waals surface area contributed by atoms with Gasteiger partial charge in [0.15, 0.2) is 0 Å². The van der Waals surface area contributed by atoms with Gasteiger partial charge in [0.1, 0.15) is 5.01 Å². The van der Waals surface area contributed by atoms with E-state index >= 15 is 0 Å². The van der Waals surface area contributed by atoms with Crippen molar-refractivity contribution >= 4 is 22.7 Å². The van der Waals surface area contributed by atoms with Crippen molar-refractivity contribution < 1.29 is 0 Å². The Morgan fingerprint density at radius 1 is 1.44 bits per heavy atom. The lowest BCUT2D eigenvalue weighted by Gasteiger charge is -2.06. The van der Waals surface area contributed by atoms with Crippen molar-refractivity contribution in [3.63, 3.8) is 0 Å². The van der Waals surface area contributed by atoms with Gasteiger partial charge in [-0.05, 0) is 36.8 Å². The number of hydrogen-bond donors (Lipinski definition) is 1. The maximum Gasteiger partial charge on any atom is 0.101 e. The predicted octanol–water partition coefficient (Wildman–Crippen LogP) is 3.17. The zero-order chi connectivity index (χ0) is 11.2. The van der Waals surface area contributed by atoms with E-state index in [1.54, 1.807) is 22.7 Å². The third-order valence-electron chi connectivity index (χ3n) is 3.30. The highest BCUT2D eigenvalue weighted by atomic mass is 32.1. The molecule has 16 heavy (non-hydrogen) atoms. The summed E-state index contributed by atoms with van der Waals surface area (Å²) in [4.78, 5) is 6.07. The number of hydrogen-bond acceptors (Lipinski definition) is 4. The van der Waals surface area contributed by atoms with Crippen LogP contribution < -0.4 is 5.73 Å². The zero-order valence-corrected chi connectivity index (χ0v) is 10.8. The molecule has 0 atom stereocenters. The maximum atomic E-state index is 5.83. The molecular formula is C12H14N2S2. The summed E-state index contributed by atoms with van der Waals surface area (Å²) in [5.41, 5.74) is 8.51. The molecule has 1 saturated carbocycles. The Balaban J connectivity index is 1.97. The van der Waals surface area contributed by atoms with E-state index in [2.05, 4.69) is 23.8 Å². The summed E-state index contributed by atoms with van der Waals surface area (Å²) >= 11 is 3.53. The molecule has 0 saturated heterocycles. The molecule has 84 valence electrons. The van der Waals surface area contributed by atoms with Crippen LogP contribution in [-0.4, -0.2) is 11.5 Å². The Bertz CT molecular complexity index is 509. The Morgan fingerprint density at radius 3 is 2.81 bits per heavy atom. The average molecular weight is 250 g/mol. The van der Waals surface area contributed by atoms with Crippen LogP contribution in [0.4, 0.5) is 0 Å². The first kappa shape index (κ1) is 10.4. The minimum atomic E-state index is 0.230. The van der Waals surface area contributed by atoms with Gasteiger partial charge >= 0.3 is 0 Å². The van der Waals surface area contributed by atoms with Crippen LogP contribution in [0.15, 0.2) is 16.8 Å². The van der Waals surface area contributed by atoms with E-state index in [-0.39, 0.29) is 5.41 Å². The largest absolute Gasteiger partial charge is 0.329 e. The number of thiazole rings is 1. The third kappa shape index (κ3) is 1.52. The van der Waals surface area contributed by atoms with Gasteiger partial charge in [-0.2, -0.15) is 0 Å². The van der Waals surface area contributed by atoms with Crippen molar-refractivity contribution in [1.82, 2.24) is 4.98 Å². The van der Waals surface area contributed by atoms with Crippen LogP contribution in [-0.2, 0) is 5.41 Å². The Morgan fingerprint density at radius 2 is 2.25 bits per heavy atom. The molecule has 0 unspecified atom stereocenters. The van der Waals surface area contributed by atoms with Crippen LogP contribution in [0, 0.1) is 6.92 Å². The summed E-state index contributed by atoms with van der Waals surface area (Å²) < 4.78 is 0. The van der Waals surface area contributed by atoms with E-state index in [9.17, 15) is 0 Å². The summed E-state index contributed by atoms with van der Waals surface area (Å²) in [6.07, 6.45) is 2.42. The summed E-state index contributed by atoms with van der Waals surface area (Å²) in [6.45, 7) is 2.88. The number of thiophene rings is 1. The smallest absolute Gasteiger partial charge is 0.101 e. The molecule has 1 aliphatic rings. The van der Waals surface area contributed by atoms with E-state index in [0.717, 1.165) is 12.2 Å². The van der Waals surface area contributed by atoms with E-state index in [4.69, 9.17) is 10.7 Å². The van der Waals surface area contributed by atoms with Crippen LogP contribution in [0.5, 0.6) is 0 Å². The first-order valence-corrected chi connectivity index (χ1v) is 7.22. The van der Waals surface area contributed by atoms with E-state index in [0.29, 0.717) is 0 Å². The van der Waals surface area contributed by atoms with Gasteiger partial charge in [-0.3, -0.25) is 0 Å². The monoisotopic (exact) mass is 250 g/mol. The molecule has 2 heterocycles. The fraction of sp³-hybridized carbons (Fsp3) is 0.417. The molecule has 1 aliphatic carbocycles. The van der Waals surface area contributed by atoms with Gasteiger partial charge in [-0.25, -0.2) is 4.98 Å². The predicted molar refractivity (Wildman–Crippen MR) is 70.1 cm³/mol. The highest BCUT2D eigenvalue weighted by Crippen LogP contribution is 2.49. The van der Waals surface area contributed by atoms with E-state index in [1.165, 1.54) is 28.3 Å². The van der Waals surface area contributed by atoms with Gasteiger partial charge in [0.2, 0.25) is 0 Å². The summed E-state index contributed by atoms with van der Waals surface area (Å²) in [7, 11) is 0. The van der Waals surface area contributed by atoms with Gasteiger partial charge in [0, 0.05) is 17.3 Å². The maximum absolute atomic E-state index is 5.83. The number of aromatic nitrogens is 1. The van der Waals surface area contributed by atoms with Gasteiger partial charge < -0.3 is 5.73 Å². The Hall–Kier alpha value is -0.710. The third-order valence-corrected chi connectivity index (χ3v) is 5.42. The first-order chi connectivity index (χ1) is 7.75. The molecule has 3 rings (SSSR count). The molecule has 0 radical (unpaired) electrons. The van der Waals surface area contributed by atoms with Crippen molar-refractivity contribution in [2.45, 2.75) is 25.2 Å². The lowest BCUT2D eigenvalue weighted by atomic mass is 10.1. The molecule has 2 aromatic rings. The van der Waals surface area contributed by atoms with E-state index < -0.39 is 0 Å². The van der Waals surface area contributed by atoms with Crippen molar-refractivity contribution in [3.05, 3.63) is 27.4 Å². The van der Waals surface area contributed by atoms with Crippen molar-refractivity contribution in [1.29, 1.82) is 0 Å². The minimum absolute atomic E-state index is 0.230. The molecule has 2 nitrogen and oxygen atoms in total. The van der Waals surface area contributed by atoms with E-state index in [1.807, 2.05) is 0 Å². The molecule has 0 amide bonds. The molecule has 0 bridgehead atoms. The van der Waals surface area contributed by atoms with Crippen molar-refractivity contribution in [3.8, 4) is 10.6 Å². The molecule has 0 aromatic carbocycles. The van der Waals surface area contributed by atoms with Crippen LogP contribution in [0.1, 0.15) is 23.4 Å². The number of nitrogens with zero attached hydrogens (tertiary/aromatic N) is 1. The lowest BCUT2D eigenvalue weighted by Crippen LogP contribution is -2.19. The molecule has 2 aromatic heterocycles. The Kier molecular flexibility index (Phi) is 2.38. The fourth-order valence-electron chi connectivity index (χ4n) is 1.91. The molecule has 1 fully saturated rings. The standard InChI is InChI=1S/C12H14N2S2/c1-8-2-5-15-10(8)9-6-16-11(14-9)12(7-13)3-4-12/h2,5-6H,3-4,7,13H2,1H3. The fourth-order valence-corrected chi connectivity index (χ4v) is 3.96. The SMILES string of the molecule is Cc1ccsc1-c1csc(C2(CN)CC2)n1. The van der Waals surface area contributed by atoms with Crippen LogP contribution in [0.2, 0.25) is 0 Å². The first-order valence-electron chi connectivity index (χ1n) is 5.46. The van der Waals surface area contributed by atoms with Gasteiger partial charge in [0.25, 0.3) is 0 Å². The highest BCUT2D eigenvalue weighted by molar-refractivity contribution is 7.14. The van der Waals surface area contributed by atoms with Crippen LogP contribution in [0.3, 0.4) is 0 Å². The second-order valence-electron chi connectivity index (χ2n) is 4.46. The summed E-state index contributed by atoms with van der Waals surface area (Å²) in [6, 6.07) is 2.15. The number of aryl methyl sites for hydroxylation is 1. The average Bonchev–Trinajstić information content (AvgIpc) is 2.72. The topological polar surface area (TPSA) is 38.9 Å². The summed E-state index contributed by atoms with van der Waals surface area (Å²) in [5.74, 6) is 0.